The van der Waals surface area contributed by atoms with Crippen LogP contribution < -0.4 is 16.4 Å². The van der Waals surface area contributed by atoms with E-state index in [1.165, 1.54) is 25.1 Å². The molecule has 2 amide bonds. The van der Waals surface area contributed by atoms with Crippen molar-refractivity contribution in [2.45, 2.75) is 32.2 Å². The molecule has 1 fully saturated rings. The normalized spacial score (nSPS) is 13.0. The van der Waals surface area contributed by atoms with Crippen molar-refractivity contribution in [3.63, 3.8) is 0 Å². The molecule has 3 aromatic carbocycles. The average molecular weight is 567 g/mol. The molecule has 4 aromatic rings. The Bertz CT molecular complexity index is 1620. The van der Waals surface area contributed by atoms with Crippen LogP contribution in [0.25, 0.3) is 11.1 Å². The minimum Gasteiger partial charge on any atom is -0.462 e. The molecule has 5 rings (SSSR count). The summed E-state index contributed by atoms with van der Waals surface area (Å²) in [6, 6.07) is 20.0. The molecule has 1 aliphatic carbocycles. The predicted molar refractivity (Wildman–Crippen MR) is 159 cm³/mol. The number of hydrogen-bond donors (Lipinski definition) is 3. The van der Waals surface area contributed by atoms with Crippen molar-refractivity contribution in [2.75, 3.05) is 17.2 Å². The van der Waals surface area contributed by atoms with Gasteiger partial charge in [0.1, 0.15) is 0 Å². The highest BCUT2D eigenvalue weighted by Crippen LogP contribution is 2.28. The van der Waals surface area contributed by atoms with Crippen LogP contribution in [0.3, 0.4) is 0 Å². The highest BCUT2D eigenvalue weighted by atomic mass is 19.1. The van der Waals surface area contributed by atoms with Gasteiger partial charge in [-0.15, -0.1) is 0 Å². The number of benzene rings is 3. The van der Waals surface area contributed by atoms with Crippen molar-refractivity contribution in [3.05, 3.63) is 113 Å². The van der Waals surface area contributed by atoms with Crippen molar-refractivity contribution in [3.8, 4) is 11.1 Å². The second kappa shape index (κ2) is 13.2. The first-order chi connectivity index (χ1) is 20.4. The van der Waals surface area contributed by atoms with Crippen LogP contribution in [0.15, 0.2) is 85.2 Å². The van der Waals surface area contributed by atoms with Crippen LogP contribution >= 0.6 is 0 Å². The lowest BCUT2D eigenvalue weighted by atomic mass is 9.95. The number of amides is 2. The molecule has 42 heavy (non-hydrogen) atoms. The van der Waals surface area contributed by atoms with Crippen LogP contribution in [0.5, 0.6) is 0 Å². The van der Waals surface area contributed by atoms with Crippen LogP contribution in [-0.2, 0) is 11.3 Å². The molecular weight excluding hydrogens is 535 g/mol. The van der Waals surface area contributed by atoms with Crippen molar-refractivity contribution < 1.29 is 23.5 Å². The number of nitrogens with zero attached hydrogens (tertiary/aromatic N) is 1. The number of pyridine rings is 1. The summed E-state index contributed by atoms with van der Waals surface area (Å²) in [6.45, 7) is 0.618. The highest BCUT2D eigenvalue weighted by molar-refractivity contribution is 6.07. The van der Waals surface area contributed by atoms with Gasteiger partial charge < -0.3 is 21.1 Å². The zero-order chi connectivity index (χ0) is 29.5. The van der Waals surface area contributed by atoms with E-state index in [1.54, 1.807) is 60.7 Å². The van der Waals surface area contributed by atoms with Gasteiger partial charge in [-0.1, -0.05) is 37.1 Å². The van der Waals surface area contributed by atoms with Gasteiger partial charge in [-0.25, -0.2) is 9.18 Å². The van der Waals surface area contributed by atoms with Gasteiger partial charge in [-0.05, 0) is 84.0 Å². The van der Waals surface area contributed by atoms with Crippen LogP contribution in [0.4, 0.5) is 15.8 Å². The number of ether oxygens (including phenoxy) is 1. The van der Waals surface area contributed by atoms with Crippen LogP contribution in [0, 0.1) is 11.7 Å². The zero-order valence-corrected chi connectivity index (χ0v) is 22.9. The zero-order valence-electron chi connectivity index (χ0n) is 22.9. The molecule has 4 N–H and O–H groups in total. The van der Waals surface area contributed by atoms with Crippen LogP contribution in [0.1, 0.15) is 62.3 Å². The lowest BCUT2D eigenvalue weighted by Crippen LogP contribution is -2.15. The molecule has 0 spiro atoms. The monoisotopic (exact) mass is 566 g/mol. The molecule has 0 aliphatic heterocycles. The minimum atomic E-state index is -0.644. The van der Waals surface area contributed by atoms with Crippen molar-refractivity contribution in [1.29, 1.82) is 0 Å². The summed E-state index contributed by atoms with van der Waals surface area (Å²) < 4.78 is 19.5. The van der Waals surface area contributed by atoms with Crippen LogP contribution in [0.2, 0.25) is 0 Å². The SMILES string of the molecule is NCc1ccc(C(=O)Nc2ccncc2F)cc1-c1cccc(C(=O)Nc2cccc(C(=O)OCC3CCCC3)c2)c1. The Kier molecular flexibility index (Phi) is 8.99. The molecule has 8 nitrogen and oxygen atoms in total. The molecule has 0 unspecified atom stereocenters. The first kappa shape index (κ1) is 28.6. The largest absolute Gasteiger partial charge is 0.462 e. The van der Waals surface area contributed by atoms with E-state index in [0.717, 1.165) is 24.6 Å². The molecule has 1 aliphatic rings. The Balaban J connectivity index is 1.31. The highest BCUT2D eigenvalue weighted by Gasteiger charge is 2.18. The maximum atomic E-state index is 14.0. The number of aromatic nitrogens is 1. The first-order valence-electron chi connectivity index (χ1n) is 13.8. The minimum absolute atomic E-state index is 0.0178. The fourth-order valence-corrected chi connectivity index (χ4v) is 5.04. The number of carbonyl (C=O) groups excluding carboxylic acids is 3. The van der Waals surface area contributed by atoms with Gasteiger partial charge in [0.15, 0.2) is 5.82 Å². The fourth-order valence-electron chi connectivity index (χ4n) is 5.04. The van der Waals surface area contributed by atoms with E-state index in [-0.39, 0.29) is 18.1 Å². The van der Waals surface area contributed by atoms with E-state index in [1.807, 2.05) is 6.07 Å². The molecule has 0 radical (unpaired) electrons. The number of halogens is 1. The fraction of sp³-hybridized carbons (Fsp3) is 0.212. The second-order valence-corrected chi connectivity index (χ2v) is 10.3. The molecular formula is C33H31FN4O4. The van der Waals surface area contributed by atoms with E-state index in [4.69, 9.17) is 10.5 Å². The van der Waals surface area contributed by atoms with Gasteiger partial charge in [-0.2, -0.15) is 0 Å². The van der Waals surface area contributed by atoms with Crippen molar-refractivity contribution in [1.82, 2.24) is 4.98 Å². The number of rotatable bonds is 9. The average Bonchev–Trinajstić information content (AvgIpc) is 3.54. The van der Waals surface area contributed by atoms with E-state index >= 15 is 0 Å². The van der Waals surface area contributed by atoms with Crippen LogP contribution in [-0.4, -0.2) is 29.4 Å². The summed E-state index contributed by atoms with van der Waals surface area (Å²) in [5.41, 5.74) is 9.61. The van der Waals surface area contributed by atoms with Crippen molar-refractivity contribution in [2.24, 2.45) is 11.7 Å². The van der Waals surface area contributed by atoms with E-state index in [2.05, 4.69) is 15.6 Å². The Hall–Kier alpha value is -4.89. The number of carbonyl (C=O) groups is 3. The van der Waals surface area contributed by atoms with E-state index in [9.17, 15) is 18.8 Å². The first-order valence-corrected chi connectivity index (χ1v) is 13.8. The molecule has 1 saturated carbocycles. The summed E-state index contributed by atoms with van der Waals surface area (Å²) in [6.07, 6.45) is 6.92. The van der Waals surface area contributed by atoms with Gasteiger partial charge in [0.05, 0.1) is 24.1 Å². The molecule has 0 saturated heterocycles. The Labute approximate surface area is 243 Å². The third kappa shape index (κ3) is 6.87. The lowest BCUT2D eigenvalue weighted by molar-refractivity contribution is 0.0442. The van der Waals surface area contributed by atoms with E-state index < -0.39 is 17.7 Å². The van der Waals surface area contributed by atoms with Gasteiger partial charge in [0.2, 0.25) is 0 Å². The van der Waals surface area contributed by atoms with Gasteiger partial charge in [0, 0.05) is 29.6 Å². The quantitative estimate of drug-likeness (QED) is 0.207. The molecule has 1 aromatic heterocycles. The maximum Gasteiger partial charge on any atom is 0.338 e. The molecule has 0 bridgehead atoms. The lowest BCUT2D eigenvalue weighted by Gasteiger charge is -2.13. The van der Waals surface area contributed by atoms with Gasteiger partial charge in [-0.3, -0.25) is 14.6 Å². The predicted octanol–water partition coefficient (Wildman–Crippen LogP) is 6.20. The number of esters is 1. The third-order valence-electron chi connectivity index (χ3n) is 7.33. The third-order valence-corrected chi connectivity index (χ3v) is 7.33. The molecule has 1 heterocycles. The Morgan fingerprint density at radius 1 is 0.881 bits per heavy atom. The maximum absolute atomic E-state index is 14.0. The topological polar surface area (TPSA) is 123 Å². The summed E-state index contributed by atoms with van der Waals surface area (Å²) in [5, 5.41) is 5.40. The number of anilines is 2. The summed E-state index contributed by atoms with van der Waals surface area (Å²) in [5.74, 6) is -1.51. The summed E-state index contributed by atoms with van der Waals surface area (Å²) >= 11 is 0. The number of hydrogen-bond acceptors (Lipinski definition) is 6. The Morgan fingerprint density at radius 3 is 2.40 bits per heavy atom. The number of nitrogens with one attached hydrogen (secondary N) is 2. The van der Waals surface area contributed by atoms with Gasteiger partial charge >= 0.3 is 5.97 Å². The van der Waals surface area contributed by atoms with Gasteiger partial charge in [0.25, 0.3) is 11.8 Å². The molecule has 214 valence electrons. The molecule has 0 atom stereocenters. The number of nitrogens with two attached hydrogens (primary N) is 1. The summed E-state index contributed by atoms with van der Waals surface area (Å²) in [4.78, 5) is 42.3. The second-order valence-electron chi connectivity index (χ2n) is 10.3. The smallest absolute Gasteiger partial charge is 0.338 e. The van der Waals surface area contributed by atoms with Crippen molar-refractivity contribution >= 4 is 29.2 Å². The standard InChI is InChI=1S/C33H31FN4O4/c34-29-19-36-14-13-30(29)38-32(40)24-11-12-26(18-35)28(17-24)22-7-3-8-23(15-22)31(39)37-27-10-4-9-25(16-27)33(41)42-20-21-5-1-2-6-21/h3-4,7-17,19,21H,1-2,5-6,18,20,35H2,(H,37,39)(H,36,38,40). The molecule has 9 heteroatoms. The summed E-state index contributed by atoms with van der Waals surface area (Å²) in [7, 11) is 0. The Morgan fingerprint density at radius 2 is 1.62 bits per heavy atom. The van der Waals surface area contributed by atoms with E-state index in [0.29, 0.717) is 46.0 Å².